The van der Waals surface area contributed by atoms with E-state index in [0.717, 1.165) is 31.1 Å². The Morgan fingerprint density at radius 1 is 1.00 bits per heavy atom. The molecule has 110 valence electrons. The maximum absolute atomic E-state index is 8.58. The van der Waals surface area contributed by atoms with Crippen molar-refractivity contribution in [2.24, 2.45) is 0 Å². The van der Waals surface area contributed by atoms with E-state index in [4.69, 9.17) is 14.6 Å². The minimum absolute atomic E-state index is 0. The Kier molecular flexibility index (Phi) is 9.73. The van der Waals surface area contributed by atoms with Gasteiger partial charge in [-0.25, -0.2) is 0 Å². The van der Waals surface area contributed by atoms with E-state index in [1.807, 2.05) is 18.2 Å². The summed E-state index contributed by atoms with van der Waals surface area (Å²) in [5.41, 5.74) is 1.18. The van der Waals surface area contributed by atoms with Gasteiger partial charge in [0.25, 0.3) is 0 Å². The quantitative estimate of drug-likeness (QED) is 0.438. The fourth-order valence-electron chi connectivity index (χ4n) is 1.66. The summed E-state index contributed by atoms with van der Waals surface area (Å²) in [6.07, 6.45) is 0. The largest absolute Gasteiger partial charge is 1.00 e. The fraction of sp³-hybridized carbons (Fsp3) is 0.500. The molecule has 0 aliphatic carbocycles. The van der Waals surface area contributed by atoms with Gasteiger partial charge in [0.1, 0.15) is 0 Å². The molecule has 0 spiro atoms. The summed E-state index contributed by atoms with van der Waals surface area (Å²) in [6.45, 7) is 3.67. The molecule has 0 aromatic heterocycles. The molecule has 0 saturated carbocycles. The van der Waals surface area contributed by atoms with Crippen molar-refractivity contribution in [3.63, 3.8) is 0 Å². The van der Waals surface area contributed by atoms with Crippen molar-refractivity contribution in [3.05, 3.63) is 23.8 Å². The van der Waals surface area contributed by atoms with Crippen molar-refractivity contribution in [2.75, 3.05) is 33.0 Å². The van der Waals surface area contributed by atoms with Crippen LogP contribution in [0.15, 0.2) is 18.2 Å². The molecule has 2 rings (SSSR count). The topological polar surface area (TPSA) is 62.8 Å². The maximum Gasteiger partial charge on any atom is 0.231 e. The summed E-state index contributed by atoms with van der Waals surface area (Å²) >= 11 is 0. The van der Waals surface area contributed by atoms with Gasteiger partial charge in [-0.05, 0) is 17.7 Å². The highest BCUT2D eigenvalue weighted by atomic mass is 35.5. The minimum atomic E-state index is 0. The molecule has 0 bridgehead atoms. The van der Waals surface area contributed by atoms with Gasteiger partial charge >= 0.3 is 0 Å². The first-order chi connectivity index (χ1) is 8.40. The molecule has 1 aromatic rings. The second kappa shape index (κ2) is 10.1. The molecule has 0 unspecified atom stereocenters. The van der Waals surface area contributed by atoms with Gasteiger partial charge in [-0.3, -0.25) is 0 Å². The van der Waals surface area contributed by atoms with Crippen LogP contribution < -0.4 is 44.9 Å². The standard InChI is InChI=1S/C12H18N2O3.2ClH/c15-6-5-13-3-4-14-8-10-1-2-11-12(7-10)17-9-16-11;;/h1-2,7,13-15H,3-6,8-9H2;2*1H/p-2. The number of ether oxygens (including phenoxy) is 2. The monoisotopic (exact) mass is 308 g/mol. The third-order valence-corrected chi connectivity index (χ3v) is 2.53. The van der Waals surface area contributed by atoms with Crippen molar-refractivity contribution in [3.8, 4) is 11.5 Å². The molecule has 0 amide bonds. The molecule has 3 N–H and O–H groups in total. The van der Waals surface area contributed by atoms with Gasteiger partial charge in [0.05, 0.1) is 6.61 Å². The van der Waals surface area contributed by atoms with Crippen LogP contribution in [0.2, 0.25) is 0 Å². The third-order valence-electron chi connectivity index (χ3n) is 2.53. The number of benzene rings is 1. The van der Waals surface area contributed by atoms with E-state index in [9.17, 15) is 0 Å². The number of fused-ring (bicyclic) bond motifs is 1. The molecule has 1 aliphatic heterocycles. The Labute approximate surface area is 125 Å². The van der Waals surface area contributed by atoms with Gasteiger partial charge in [0.15, 0.2) is 11.5 Å². The summed E-state index contributed by atoms with van der Waals surface area (Å²) in [5, 5.41) is 15.0. The summed E-state index contributed by atoms with van der Waals surface area (Å²) < 4.78 is 10.6. The molecule has 0 atom stereocenters. The number of nitrogens with one attached hydrogen (secondary N) is 2. The predicted molar refractivity (Wildman–Crippen MR) is 64.2 cm³/mol. The van der Waals surface area contributed by atoms with E-state index in [1.165, 1.54) is 5.56 Å². The Morgan fingerprint density at radius 2 is 1.74 bits per heavy atom. The highest BCUT2D eigenvalue weighted by Crippen LogP contribution is 2.32. The number of hydrogen-bond acceptors (Lipinski definition) is 5. The number of aliphatic hydroxyl groups is 1. The molecule has 0 radical (unpaired) electrons. The lowest BCUT2D eigenvalue weighted by atomic mass is 10.2. The van der Waals surface area contributed by atoms with Gasteiger partial charge in [0.2, 0.25) is 6.79 Å². The minimum Gasteiger partial charge on any atom is -1.00 e. The molecule has 19 heavy (non-hydrogen) atoms. The molecule has 0 fully saturated rings. The first kappa shape index (κ1) is 18.3. The van der Waals surface area contributed by atoms with Crippen molar-refractivity contribution >= 4 is 0 Å². The van der Waals surface area contributed by atoms with E-state index in [-0.39, 0.29) is 31.4 Å². The number of hydrogen-bond donors (Lipinski definition) is 3. The lowest BCUT2D eigenvalue weighted by Gasteiger charge is -2.06. The summed E-state index contributed by atoms with van der Waals surface area (Å²) in [5.74, 6) is 1.64. The number of rotatable bonds is 7. The first-order valence-corrected chi connectivity index (χ1v) is 5.81. The van der Waals surface area contributed by atoms with Crippen LogP contribution in [-0.2, 0) is 6.54 Å². The molecule has 1 aliphatic rings. The van der Waals surface area contributed by atoms with Crippen LogP contribution in [0.25, 0.3) is 0 Å². The summed E-state index contributed by atoms with van der Waals surface area (Å²) in [4.78, 5) is 0. The number of aliphatic hydroxyl groups excluding tert-OH is 1. The predicted octanol–water partition coefficient (Wildman–Crippen LogP) is -5.91. The van der Waals surface area contributed by atoms with Crippen molar-refractivity contribution < 1.29 is 39.4 Å². The van der Waals surface area contributed by atoms with E-state index < -0.39 is 0 Å². The molecule has 5 nitrogen and oxygen atoms in total. The van der Waals surface area contributed by atoms with E-state index in [0.29, 0.717) is 13.3 Å². The molecule has 1 heterocycles. The SMILES string of the molecule is OCCNCCNCc1ccc2c(c1)OCO2.[Cl-].[Cl-]. The Bertz CT molecular complexity index is 367. The Hall–Kier alpha value is -0.720. The van der Waals surface area contributed by atoms with E-state index in [2.05, 4.69) is 10.6 Å². The van der Waals surface area contributed by atoms with Gasteiger partial charge in [-0.15, -0.1) is 0 Å². The van der Waals surface area contributed by atoms with Crippen molar-refractivity contribution in [2.45, 2.75) is 6.54 Å². The second-order valence-electron chi connectivity index (χ2n) is 3.84. The van der Waals surface area contributed by atoms with Crippen LogP contribution in [0.5, 0.6) is 11.5 Å². The zero-order valence-corrected chi connectivity index (χ0v) is 12.0. The van der Waals surface area contributed by atoms with Gasteiger partial charge < -0.3 is 50.0 Å². The van der Waals surface area contributed by atoms with Crippen LogP contribution in [0.4, 0.5) is 0 Å². The summed E-state index contributed by atoms with van der Waals surface area (Å²) in [6, 6.07) is 5.96. The Morgan fingerprint density at radius 3 is 2.53 bits per heavy atom. The number of halogens is 2. The normalized spacial score (nSPS) is 11.6. The zero-order valence-electron chi connectivity index (χ0n) is 10.5. The van der Waals surface area contributed by atoms with E-state index >= 15 is 0 Å². The molecule has 7 heteroatoms. The molecular weight excluding hydrogens is 291 g/mol. The smallest absolute Gasteiger partial charge is 0.231 e. The average molecular weight is 309 g/mol. The zero-order chi connectivity index (χ0) is 11.9. The molecule has 0 saturated heterocycles. The lowest BCUT2D eigenvalue weighted by molar-refractivity contribution is -0.001000. The van der Waals surface area contributed by atoms with Crippen molar-refractivity contribution in [1.29, 1.82) is 0 Å². The van der Waals surface area contributed by atoms with Gasteiger partial charge in [-0.1, -0.05) is 6.07 Å². The van der Waals surface area contributed by atoms with Gasteiger partial charge in [-0.2, -0.15) is 0 Å². The van der Waals surface area contributed by atoms with Gasteiger partial charge in [0, 0.05) is 26.2 Å². The van der Waals surface area contributed by atoms with Crippen LogP contribution in [0, 0.1) is 0 Å². The fourth-order valence-corrected chi connectivity index (χ4v) is 1.66. The van der Waals surface area contributed by atoms with Crippen molar-refractivity contribution in [1.82, 2.24) is 10.6 Å². The van der Waals surface area contributed by atoms with Crippen LogP contribution in [0.3, 0.4) is 0 Å². The first-order valence-electron chi connectivity index (χ1n) is 5.81. The van der Waals surface area contributed by atoms with Crippen LogP contribution >= 0.6 is 0 Å². The molecular formula is C12H18Cl2N2O3-2. The van der Waals surface area contributed by atoms with E-state index in [1.54, 1.807) is 0 Å². The summed E-state index contributed by atoms with van der Waals surface area (Å²) in [7, 11) is 0. The Balaban J connectivity index is 0.00000162. The molecule has 1 aromatic carbocycles. The highest BCUT2D eigenvalue weighted by Gasteiger charge is 2.12. The highest BCUT2D eigenvalue weighted by molar-refractivity contribution is 5.44. The average Bonchev–Trinajstić information content (AvgIpc) is 2.81. The van der Waals surface area contributed by atoms with Crippen LogP contribution in [0.1, 0.15) is 5.56 Å². The van der Waals surface area contributed by atoms with Crippen LogP contribution in [-0.4, -0.2) is 38.1 Å². The third kappa shape index (κ3) is 5.84. The maximum atomic E-state index is 8.58. The second-order valence-corrected chi connectivity index (χ2v) is 3.84. The lowest BCUT2D eigenvalue weighted by Crippen LogP contribution is -3.00.